The van der Waals surface area contributed by atoms with Crippen LogP contribution in [0, 0.1) is 0 Å². The third kappa shape index (κ3) is 3.91. The fourth-order valence-electron chi connectivity index (χ4n) is 2.15. The van der Waals surface area contributed by atoms with Gasteiger partial charge < -0.3 is 14.6 Å². The van der Waals surface area contributed by atoms with Crippen LogP contribution in [0.15, 0.2) is 42.5 Å². The molecule has 21 heavy (non-hydrogen) atoms. The van der Waals surface area contributed by atoms with Gasteiger partial charge in [0.05, 0.1) is 6.61 Å². The van der Waals surface area contributed by atoms with Crippen molar-refractivity contribution in [2.24, 2.45) is 0 Å². The number of hydrogen-bond acceptors (Lipinski definition) is 3. The fraction of sp³-hybridized carbons (Fsp3) is 0.333. The Kier molecular flexibility index (Phi) is 5.50. The Hall–Kier alpha value is -2.16. The molecule has 3 nitrogen and oxygen atoms in total. The van der Waals surface area contributed by atoms with Crippen molar-refractivity contribution in [3.8, 4) is 23.0 Å². The van der Waals surface area contributed by atoms with Crippen molar-refractivity contribution in [3.05, 3.63) is 48.0 Å². The quantitative estimate of drug-likeness (QED) is 0.784. The molecular formula is C18H22O3. The van der Waals surface area contributed by atoms with Crippen molar-refractivity contribution < 1.29 is 14.6 Å². The van der Waals surface area contributed by atoms with Crippen LogP contribution in [0.4, 0.5) is 0 Å². The zero-order valence-electron chi connectivity index (χ0n) is 12.6. The molecule has 0 amide bonds. The topological polar surface area (TPSA) is 38.7 Å². The first-order valence-electron chi connectivity index (χ1n) is 7.46. The number of para-hydroxylation sites is 1. The highest BCUT2D eigenvalue weighted by Gasteiger charge is 2.16. The Morgan fingerprint density at radius 1 is 0.952 bits per heavy atom. The molecule has 0 aliphatic carbocycles. The van der Waals surface area contributed by atoms with Gasteiger partial charge in [0, 0.05) is 5.56 Å². The van der Waals surface area contributed by atoms with E-state index in [1.165, 1.54) is 0 Å². The minimum Gasteiger partial charge on any atom is -0.504 e. The van der Waals surface area contributed by atoms with Crippen LogP contribution in [0.1, 0.15) is 32.3 Å². The van der Waals surface area contributed by atoms with Crippen LogP contribution in [0.5, 0.6) is 23.0 Å². The number of aromatic hydroxyl groups is 1. The van der Waals surface area contributed by atoms with E-state index in [9.17, 15) is 5.11 Å². The average molecular weight is 286 g/mol. The normalized spacial score (nSPS) is 10.4. The van der Waals surface area contributed by atoms with Gasteiger partial charge in [-0.15, -0.1) is 0 Å². The van der Waals surface area contributed by atoms with E-state index < -0.39 is 0 Å². The molecular weight excluding hydrogens is 264 g/mol. The zero-order valence-corrected chi connectivity index (χ0v) is 12.6. The first-order chi connectivity index (χ1) is 10.3. The van der Waals surface area contributed by atoms with Gasteiger partial charge in [-0.1, -0.05) is 38.5 Å². The molecule has 0 fully saturated rings. The maximum atomic E-state index is 10.1. The number of benzene rings is 2. The Bertz CT molecular complexity index is 564. The summed E-state index contributed by atoms with van der Waals surface area (Å²) in [6.45, 7) is 4.83. The second kappa shape index (κ2) is 7.58. The summed E-state index contributed by atoms with van der Waals surface area (Å²) < 4.78 is 11.7. The maximum Gasteiger partial charge on any atom is 0.175 e. The van der Waals surface area contributed by atoms with Gasteiger partial charge in [-0.3, -0.25) is 0 Å². The summed E-state index contributed by atoms with van der Waals surface area (Å²) in [4.78, 5) is 0. The summed E-state index contributed by atoms with van der Waals surface area (Å²) in [6, 6.07) is 12.9. The number of hydrogen-bond donors (Lipinski definition) is 1. The van der Waals surface area contributed by atoms with E-state index in [1.54, 1.807) is 6.07 Å². The van der Waals surface area contributed by atoms with Crippen LogP contribution in [0.25, 0.3) is 0 Å². The van der Waals surface area contributed by atoms with Gasteiger partial charge in [0.2, 0.25) is 0 Å². The van der Waals surface area contributed by atoms with Gasteiger partial charge in [-0.25, -0.2) is 0 Å². The fourth-order valence-corrected chi connectivity index (χ4v) is 2.15. The Labute approximate surface area is 126 Å². The molecule has 0 radical (unpaired) electrons. The first-order valence-corrected chi connectivity index (χ1v) is 7.46. The van der Waals surface area contributed by atoms with Crippen LogP contribution in [0.3, 0.4) is 0 Å². The van der Waals surface area contributed by atoms with E-state index in [1.807, 2.05) is 36.4 Å². The largest absolute Gasteiger partial charge is 0.504 e. The highest BCUT2D eigenvalue weighted by atomic mass is 16.5. The monoisotopic (exact) mass is 286 g/mol. The van der Waals surface area contributed by atoms with Crippen molar-refractivity contribution in [1.82, 2.24) is 0 Å². The van der Waals surface area contributed by atoms with E-state index >= 15 is 0 Å². The lowest BCUT2D eigenvalue weighted by Gasteiger charge is -2.17. The molecule has 1 N–H and O–H groups in total. The lowest BCUT2D eigenvalue weighted by atomic mass is 10.1. The minimum atomic E-state index is 0.145. The van der Waals surface area contributed by atoms with E-state index in [2.05, 4.69) is 13.8 Å². The van der Waals surface area contributed by atoms with Gasteiger partial charge in [-0.05, 0) is 37.1 Å². The van der Waals surface area contributed by atoms with E-state index in [0.29, 0.717) is 18.1 Å². The molecule has 0 aromatic heterocycles. The van der Waals surface area contributed by atoms with Crippen molar-refractivity contribution >= 4 is 0 Å². The lowest BCUT2D eigenvalue weighted by Crippen LogP contribution is -2.01. The van der Waals surface area contributed by atoms with Gasteiger partial charge in [0.25, 0.3) is 0 Å². The van der Waals surface area contributed by atoms with E-state index in [4.69, 9.17) is 9.47 Å². The average Bonchev–Trinajstić information content (AvgIpc) is 2.51. The molecule has 0 aliphatic rings. The number of phenols is 1. The summed E-state index contributed by atoms with van der Waals surface area (Å²) in [5.41, 5.74) is 0.926. The SMILES string of the molecule is CCCOc1ccc(O)c(Oc2ccccc2)c1CCC. The Morgan fingerprint density at radius 3 is 2.38 bits per heavy atom. The predicted molar refractivity (Wildman–Crippen MR) is 84.4 cm³/mol. The van der Waals surface area contributed by atoms with Crippen LogP contribution < -0.4 is 9.47 Å². The van der Waals surface area contributed by atoms with Crippen LogP contribution >= 0.6 is 0 Å². The second-order valence-electron chi connectivity index (χ2n) is 4.90. The number of rotatable bonds is 7. The predicted octanol–water partition coefficient (Wildman–Crippen LogP) is 4.93. The minimum absolute atomic E-state index is 0.145. The Morgan fingerprint density at radius 2 is 1.71 bits per heavy atom. The molecule has 0 heterocycles. The number of ether oxygens (including phenoxy) is 2. The highest BCUT2D eigenvalue weighted by molar-refractivity contribution is 5.54. The summed E-state index contributed by atoms with van der Waals surface area (Å²) in [5, 5.41) is 10.1. The molecule has 0 spiro atoms. The van der Waals surface area contributed by atoms with Crippen molar-refractivity contribution in [3.63, 3.8) is 0 Å². The molecule has 112 valence electrons. The summed E-state index contributed by atoms with van der Waals surface area (Å²) in [5.74, 6) is 2.14. The molecule has 2 aromatic rings. The molecule has 2 aromatic carbocycles. The molecule has 0 atom stereocenters. The molecule has 3 heteroatoms. The standard InChI is InChI=1S/C18H22O3/c1-3-8-15-17(20-13-4-2)12-11-16(19)18(15)21-14-9-6-5-7-10-14/h5-7,9-12,19H,3-4,8,13H2,1-2H3. The second-order valence-corrected chi connectivity index (χ2v) is 4.90. The zero-order chi connectivity index (χ0) is 15.1. The lowest BCUT2D eigenvalue weighted by molar-refractivity contribution is 0.309. The van der Waals surface area contributed by atoms with Crippen molar-refractivity contribution in [2.45, 2.75) is 33.1 Å². The smallest absolute Gasteiger partial charge is 0.175 e. The Balaban J connectivity index is 2.36. The van der Waals surface area contributed by atoms with Gasteiger partial charge in [0.15, 0.2) is 11.5 Å². The highest BCUT2D eigenvalue weighted by Crippen LogP contribution is 2.40. The third-order valence-corrected chi connectivity index (χ3v) is 3.12. The number of phenolic OH excluding ortho intramolecular Hbond substituents is 1. The third-order valence-electron chi connectivity index (χ3n) is 3.12. The van der Waals surface area contributed by atoms with Gasteiger partial charge in [0.1, 0.15) is 11.5 Å². The van der Waals surface area contributed by atoms with Crippen molar-refractivity contribution in [1.29, 1.82) is 0 Å². The molecule has 0 saturated carbocycles. The summed E-state index contributed by atoms with van der Waals surface area (Å²) in [6.07, 6.45) is 2.70. The van der Waals surface area contributed by atoms with Crippen LogP contribution in [0.2, 0.25) is 0 Å². The molecule has 0 saturated heterocycles. The van der Waals surface area contributed by atoms with E-state index in [-0.39, 0.29) is 5.75 Å². The molecule has 2 rings (SSSR count). The van der Waals surface area contributed by atoms with E-state index in [0.717, 1.165) is 30.6 Å². The molecule has 0 aliphatic heterocycles. The maximum absolute atomic E-state index is 10.1. The van der Waals surface area contributed by atoms with Gasteiger partial charge >= 0.3 is 0 Å². The summed E-state index contributed by atoms with van der Waals surface area (Å²) in [7, 11) is 0. The van der Waals surface area contributed by atoms with Crippen molar-refractivity contribution in [2.75, 3.05) is 6.61 Å². The van der Waals surface area contributed by atoms with Gasteiger partial charge in [-0.2, -0.15) is 0 Å². The molecule has 0 bridgehead atoms. The first kappa shape index (κ1) is 15.2. The van der Waals surface area contributed by atoms with Crippen LogP contribution in [-0.4, -0.2) is 11.7 Å². The summed E-state index contributed by atoms with van der Waals surface area (Å²) >= 11 is 0. The molecule has 0 unspecified atom stereocenters. The van der Waals surface area contributed by atoms with Crippen LogP contribution in [-0.2, 0) is 6.42 Å².